The molecule has 0 spiro atoms. The highest BCUT2D eigenvalue weighted by atomic mass is 16.6. The number of aliphatic carboxylic acids is 1. The topological polar surface area (TPSA) is 140 Å². The number of likely N-dealkylation sites (N-methyl/N-ethyl adjacent to an activating group) is 1. The molecule has 0 saturated heterocycles. The molecule has 1 atom stereocenters. The Kier molecular flexibility index (Phi) is 10.2. The Bertz CT molecular complexity index is 1340. The van der Waals surface area contributed by atoms with E-state index in [0.29, 0.717) is 18.8 Å². The highest BCUT2D eigenvalue weighted by molar-refractivity contribution is 5.99. The van der Waals surface area contributed by atoms with Crippen molar-refractivity contribution in [3.63, 3.8) is 0 Å². The van der Waals surface area contributed by atoms with Gasteiger partial charge in [-0.1, -0.05) is 42.5 Å². The molecule has 0 aromatic heterocycles. The average Bonchev–Trinajstić information content (AvgIpc) is 2.91. The first-order chi connectivity index (χ1) is 19.0. The predicted molar refractivity (Wildman–Crippen MR) is 146 cm³/mol. The van der Waals surface area contributed by atoms with Crippen molar-refractivity contribution in [3.05, 3.63) is 98.4 Å². The molecule has 0 amide bonds. The third kappa shape index (κ3) is 7.11. The number of esters is 2. The molecule has 1 heterocycles. The van der Waals surface area contributed by atoms with Crippen LogP contribution in [0.15, 0.2) is 77.1 Å². The van der Waals surface area contributed by atoms with Crippen LogP contribution >= 0.6 is 0 Å². The fraction of sp³-hybridized carbons (Fsp3) is 0.345. The second-order valence-corrected chi connectivity index (χ2v) is 9.33. The maximum Gasteiger partial charge on any atom is 0.336 e. The van der Waals surface area contributed by atoms with Crippen molar-refractivity contribution >= 4 is 23.6 Å². The predicted octanol–water partition coefficient (Wildman–Crippen LogP) is 3.86. The monoisotopic (exact) mass is 551 g/mol. The molecular formula is C29H33N3O8. The van der Waals surface area contributed by atoms with E-state index in [4.69, 9.17) is 9.47 Å². The summed E-state index contributed by atoms with van der Waals surface area (Å²) in [6.45, 7) is 5.53. The number of carboxylic acid groups (broad SMARTS) is 1. The normalized spacial score (nSPS) is 15.3. The van der Waals surface area contributed by atoms with E-state index in [9.17, 15) is 29.6 Å². The smallest absolute Gasteiger partial charge is 0.336 e. The lowest BCUT2D eigenvalue weighted by atomic mass is 9.79. The van der Waals surface area contributed by atoms with Gasteiger partial charge >= 0.3 is 17.9 Å². The Labute approximate surface area is 232 Å². The largest absolute Gasteiger partial charge is 0.478 e. The van der Waals surface area contributed by atoms with Gasteiger partial charge in [0.1, 0.15) is 6.61 Å². The minimum Gasteiger partial charge on any atom is -0.478 e. The molecule has 1 aliphatic rings. The number of hydrogen-bond acceptors (Lipinski definition) is 9. The molecule has 1 aliphatic heterocycles. The van der Waals surface area contributed by atoms with E-state index >= 15 is 0 Å². The number of hydrogen-bond donors (Lipinski definition) is 1. The van der Waals surface area contributed by atoms with E-state index in [1.807, 2.05) is 42.3 Å². The van der Waals surface area contributed by atoms with Crippen LogP contribution in [0.5, 0.6) is 0 Å². The van der Waals surface area contributed by atoms with Gasteiger partial charge in [-0.3, -0.25) is 14.9 Å². The van der Waals surface area contributed by atoms with Crippen molar-refractivity contribution in [2.24, 2.45) is 0 Å². The Hall–Kier alpha value is -4.51. The zero-order valence-electron chi connectivity index (χ0n) is 23.0. The number of carbonyl (C=O) groups excluding carboxylic acids is 2. The van der Waals surface area contributed by atoms with Gasteiger partial charge in [-0.05, 0) is 32.0 Å². The lowest BCUT2D eigenvalue weighted by Gasteiger charge is -2.39. The summed E-state index contributed by atoms with van der Waals surface area (Å²) in [5.74, 6) is -3.87. The molecule has 1 N–H and O–H groups in total. The molecule has 0 fully saturated rings. The molecule has 11 heteroatoms. The van der Waals surface area contributed by atoms with Crippen LogP contribution in [0.4, 0.5) is 5.69 Å². The van der Waals surface area contributed by atoms with Crippen molar-refractivity contribution in [1.29, 1.82) is 0 Å². The van der Waals surface area contributed by atoms with E-state index in [1.54, 1.807) is 18.7 Å². The van der Waals surface area contributed by atoms with E-state index in [1.165, 1.54) is 31.2 Å². The summed E-state index contributed by atoms with van der Waals surface area (Å²) >= 11 is 0. The van der Waals surface area contributed by atoms with Crippen molar-refractivity contribution < 1.29 is 33.9 Å². The van der Waals surface area contributed by atoms with Crippen LogP contribution < -0.4 is 0 Å². The molecule has 3 rings (SSSR count). The molecule has 0 radical (unpaired) electrons. The van der Waals surface area contributed by atoms with Gasteiger partial charge in [0.2, 0.25) is 0 Å². The molecule has 2 aromatic rings. The first-order valence-corrected chi connectivity index (χ1v) is 12.8. The number of ether oxygens (including phenoxy) is 2. The number of carboxylic acids is 1. The van der Waals surface area contributed by atoms with Crippen LogP contribution in [-0.2, 0) is 30.4 Å². The van der Waals surface area contributed by atoms with Crippen LogP contribution in [0.3, 0.4) is 0 Å². The van der Waals surface area contributed by atoms with E-state index in [2.05, 4.69) is 0 Å². The fourth-order valence-corrected chi connectivity index (χ4v) is 4.76. The molecular weight excluding hydrogens is 518 g/mol. The van der Waals surface area contributed by atoms with Gasteiger partial charge in [-0.15, -0.1) is 0 Å². The summed E-state index contributed by atoms with van der Waals surface area (Å²) in [5.41, 5.74) is 1.49. The zero-order valence-corrected chi connectivity index (χ0v) is 23.0. The molecule has 40 heavy (non-hydrogen) atoms. The first-order valence-electron chi connectivity index (χ1n) is 12.8. The summed E-state index contributed by atoms with van der Waals surface area (Å²) in [6, 6.07) is 15.3. The highest BCUT2D eigenvalue weighted by Crippen LogP contribution is 2.43. The summed E-state index contributed by atoms with van der Waals surface area (Å²) in [6.07, 6.45) is 0. The number of carbonyl (C=O) groups is 3. The first kappa shape index (κ1) is 30.0. The lowest BCUT2D eigenvalue weighted by molar-refractivity contribution is -0.384. The molecule has 0 saturated carbocycles. The number of nitro benzene ring substituents is 1. The van der Waals surface area contributed by atoms with Crippen molar-refractivity contribution in [1.82, 2.24) is 9.80 Å². The maximum atomic E-state index is 13.4. The zero-order chi connectivity index (χ0) is 29.4. The maximum absolute atomic E-state index is 13.4. The van der Waals surface area contributed by atoms with Gasteiger partial charge in [0, 0.05) is 44.4 Å². The third-order valence-electron chi connectivity index (χ3n) is 6.56. The minimum absolute atomic E-state index is 0.00967. The molecule has 0 aliphatic carbocycles. The Morgan fingerprint density at radius 3 is 2.38 bits per heavy atom. The van der Waals surface area contributed by atoms with Crippen LogP contribution in [0.25, 0.3) is 0 Å². The summed E-state index contributed by atoms with van der Waals surface area (Å²) in [5, 5.41) is 21.9. The molecule has 0 bridgehead atoms. The van der Waals surface area contributed by atoms with Gasteiger partial charge in [0.15, 0.2) is 0 Å². The van der Waals surface area contributed by atoms with Gasteiger partial charge < -0.3 is 24.4 Å². The Balaban J connectivity index is 2.15. The van der Waals surface area contributed by atoms with Crippen molar-refractivity contribution in [2.75, 3.05) is 33.4 Å². The van der Waals surface area contributed by atoms with Gasteiger partial charge in [0.25, 0.3) is 5.69 Å². The standard InChI is InChI=1S/C29H33N3O8/c1-5-39-29(36)27-24(18-40-20(3)33)31(15-14-30(4)17-21-10-7-6-8-11-21)19(2)25(28(34)35)26(27)22-12-9-13-23(16-22)32(37)38/h6-13,16,26H,5,14-15,17-18H2,1-4H3,(H,34,35). The molecule has 1 unspecified atom stereocenters. The number of benzene rings is 2. The highest BCUT2D eigenvalue weighted by Gasteiger charge is 2.42. The molecule has 11 nitrogen and oxygen atoms in total. The number of rotatable bonds is 12. The fourth-order valence-electron chi connectivity index (χ4n) is 4.76. The number of allylic oxidation sites excluding steroid dienone is 1. The summed E-state index contributed by atoms with van der Waals surface area (Å²) < 4.78 is 10.7. The Morgan fingerprint density at radius 1 is 1.07 bits per heavy atom. The van der Waals surface area contributed by atoms with E-state index in [0.717, 1.165) is 5.56 Å². The van der Waals surface area contributed by atoms with E-state index in [-0.39, 0.29) is 47.9 Å². The lowest BCUT2D eigenvalue weighted by Crippen LogP contribution is -2.40. The number of non-ortho nitro benzene ring substituents is 1. The van der Waals surface area contributed by atoms with Gasteiger partial charge in [0.05, 0.1) is 34.3 Å². The van der Waals surface area contributed by atoms with Crippen molar-refractivity contribution in [3.8, 4) is 0 Å². The molecule has 2 aromatic carbocycles. The minimum atomic E-state index is -1.29. The second kappa shape index (κ2) is 13.5. The quantitative estimate of drug-likeness (QED) is 0.235. The van der Waals surface area contributed by atoms with Crippen molar-refractivity contribution in [2.45, 2.75) is 33.2 Å². The van der Waals surface area contributed by atoms with Crippen LogP contribution in [0.2, 0.25) is 0 Å². The summed E-state index contributed by atoms with van der Waals surface area (Å²) in [7, 11) is 1.92. The SMILES string of the molecule is CCOC(=O)C1=C(COC(C)=O)N(CCN(C)Cc2ccccc2)C(C)=C(C(=O)O)C1c1cccc([N+](=O)[O-])c1. The van der Waals surface area contributed by atoms with Crippen LogP contribution in [-0.4, -0.2) is 71.1 Å². The number of nitro groups is 1. The Morgan fingerprint density at radius 2 is 1.77 bits per heavy atom. The molecule has 212 valence electrons. The van der Waals surface area contributed by atoms with Gasteiger partial charge in [-0.2, -0.15) is 0 Å². The van der Waals surface area contributed by atoms with Gasteiger partial charge in [-0.25, -0.2) is 9.59 Å². The number of nitrogens with zero attached hydrogens (tertiary/aromatic N) is 3. The average molecular weight is 552 g/mol. The third-order valence-corrected chi connectivity index (χ3v) is 6.56. The summed E-state index contributed by atoms with van der Waals surface area (Å²) in [4.78, 5) is 52.6. The van der Waals surface area contributed by atoms with Crippen LogP contribution in [0.1, 0.15) is 37.8 Å². The van der Waals surface area contributed by atoms with Crippen LogP contribution in [0, 0.1) is 10.1 Å². The van der Waals surface area contributed by atoms with E-state index < -0.39 is 28.7 Å². The second-order valence-electron chi connectivity index (χ2n) is 9.33.